The second-order valence-corrected chi connectivity index (χ2v) is 5.40. The van der Waals surface area contributed by atoms with Crippen LogP contribution in [0.2, 0.25) is 0 Å². The van der Waals surface area contributed by atoms with Crippen LogP contribution in [0.25, 0.3) is 0 Å². The van der Waals surface area contributed by atoms with Crippen LogP contribution in [0.5, 0.6) is 0 Å². The molecule has 1 aliphatic rings. The number of amides is 1. The number of carbonyl (C=O) groups is 1. The first kappa shape index (κ1) is 14.6. The fourth-order valence-corrected chi connectivity index (χ4v) is 2.54. The highest BCUT2D eigenvalue weighted by atomic mass is 19.1. The summed E-state index contributed by atoms with van der Waals surface area (Å²) in [5.41, 5.74) is 1.95. The third kappa shape index (κ3) is 3.65. The third-order valence-electron chi connectivity index (χ3n) is 3.70. The lowest BCUT2D eigenvalue weighted by atomic mass is 10.2. The largest absolute Gasteiger partial charge is 0.336 e. The van der Waals surface area contributed by atoms with Gasteiger partial charge < -0.3 is 4.90 Å². The van der Waals surface area contributed by atoms with Gasteiger partial charge >= 0.3 is 0 Å². The van der Waals surface area contributed by atoms with Crippen LogP contribution in [-0.4, -0.2) is 45.3 Å². The normalized spacial score (nSPS) is 16.0. The van der Waals surface area contributed by atoms with E-state index in [4.69, 9.17) is 0 Å². The first-order chi connectivity index (χ1) is 10.7. The molecular formula is C16H17FN4O. The van der Waals surface area contributed by atoms with Crippen molar-refractivity contribution in [2.75, 3.05) is 19.6 Å². The van der Waals surface area contributed by atoms with Gasteiger partial charge in [-0.3, -0.25) is 9.69 Å². The molecule has 2 heterocycles. The lowest BCUT2D eigenvalue weighted by molar-refractivity contribution is -0.136. The van der Waals surface area contributed by atoms with Gasteiger partial charge in [0.2, 0.25) is 5.91 Å². The zero-order valence-corrected chi connectivity index (χ0v) is 12.2. The fraction of sp³-hybridized carbons (Fsp3) is 0.312. The summed E-state index contributed by atoms with van der Waals surface area (Å²) in [5, 5.41) is 0. The van der Waals surface area contributed by atoms with Crippen LogP contribution in [0.15, 0.2) is 43.0 Å². The van der Waals surface area contributed by atoms with Gasteiger partial charge in [-0.25, -0.2) is 14.4 Å². The van der Waals surface area contributed by atoms with Crippen molar-refractivity contribution in [1.82, 2.24) is 19.8 Å². The number of carbonyl (C=O) groups excluding carboxylic acids is 1. The summed E-state index contributed by atoms with van der Waals surface area (Å²) in [4.78, 5) is 24.1. The maximum atomic E-state index is 12.9. The molecule has 1 amide bonds. The van der Waals surface area contributed by atoms with Crippen molar-refractivity contribution in [2.45, 2.75) is 13.1 Å². The van der Waals surface area contributed by atoms with E-state index < -0.39 is 0 Å². The van der Waals surface area contributed by atoms with Crippen molar-refractivity contribution < 1.29 is 9.18 Å². The summed E-state index contributed by atoms with van der Waals surface area (Å²) in [6.07, 6.45) is 5.03. The van der Waals surface area contributed by atoms with Gasteiger partial charge in [0.05, 0.1) is 6.54 Å². The molecule has 0 atom stereocenters. The molecule has 1 aromatic carbocycles. The predicted molar refractivity (Wildman–Crippen MR) is 79.1 cm³/mol. The number of piperazine rings is 1. The van der Waals surface area contributed by atoms with Gasteiger partial charge in [-0.1, -0.05) is 12.1 Å². The molecule has 0 saturated carbocycles. The molecule has 1 aliphatic heterocycles. The highest BCUT2D eigenvalue weighted by molar-refractivity contribution is 5.79. The molecule has 0 bridgehead atoms. The number of rotatable bonds is 4. The SMILES string of the molecule is O=C1CN(Cc2cncnc2)CCN1Cc1ccc(F)cc1. The van der Waals surface area contributed by atoms with E-state index in [0.717, 1.165) is 17.7 Å². The van der Waals surface area contributed by atoms with Gasteiger partial charge in [0, 0.05) is 44.1 Å². The minimum atomic E-state index is -0.259. The second-order valence-electron chi connectivity index (χ2n) is 5.40. The third-order valence-corrected chi connectivity index (χ3v) is 3.70. The first-order valence-electron chi connectivity index (χ1n) is 7.19. The number of halogens is 1. The van der Waals surface area contributed by atoms with Crippen molar-refractivity contribution in [1.29, 1.82) is 0 Å². The quantitative estimate of drug-likeness (QED) is 0.858. The Balaban J connectivity index is 1.56. The number of nitrogens with zero attached hydrogens (tertiary/aromatic N) is 4. The molecule has 0 unspecified atom stereocenters. The number of benzene rings is 1. The molecule has 0 radical (unpaired) electrons. The van der Waals surface area contributed by atoms with Crippen molar-refractivity contribution in [2.24, 2.45) is 0 Å². The summed E-state index contributed by atoms with van der Waals surface area (Å²) in [7, 11) is 0. The zero-order chi connectivity index (χ0) is 15.4. The lowest BCUT2D eigenvalue weighted by Crippen LogP contribution is -2.49. The summed E-state index contributed by atoms with van der Waals surface area (Å²) >= 11 is 0. The van der Waals surface area contributed by atoms with Gasteiger partial charge in [-0.05, 0) is 17.7 Å². The molecule has 0 aliphatic carbocycles. The maximum Gasteiger partial charge on any atom is 0.237 e. The second kappa shape index (κ2) is 6.62. The van der Waals surface area contributed by atoms with E-state index >= 15 is 0 Å². The summed E-state index contributed by atoms with van der Waals surface area (Å²) in [6.45, 7) is 3.07. The van der Waals surface area contributed by atoms with Crippen molar-refractivity contribution in [3.05, 3.63) is 59.9 Å². The molecule has 6 heteroatoms. The molecule has 0 N–H and O–H groups in total. The van der Waals surface area contributed by atoms with E-state index in [1.54, 1.807) is 24.5 Å². The van der Waals surface area contributed by atoms with E-state index in [1.165, 1.54) is 18.5 Å². The predicted octanol–water partition coefficient (Wildman–Crippen LogP) is 1.46. The highest BCUT2D eigenvalue weighted by Gasteiger charge is 2.23. The molecule has 1 fully saturated rings. The molecule has 114 valence electrons. The summed E-state index contributed by atoms with van der Waals surface area (Å²) in [5.74, 6) is -0.169. The smallest absolute Gasteiger partial charge is 0.237 e. The maximum absolute atomic E-state index is 12.9. The average molecular weight is 300 g/mol. The number of hydrogen-bond acceptors (Lipinski definition) is 4. The Morgan fingerprint density at radius 3 is 2.41 bits per heavy atom. The first-order valence-corrected chi connectivity index (χ1v) is 7.19. The fourth-order valence-electron chi connectivity index (χ4n) is 2.54. The van der Waals surface area contributed by atoms with Crippen LogP contribution >= 0.6 is 0 Å². The van der Waals surface area contributed by atoms with E-state index in [1.807, 2.05) is 4.90 Å². The van der Waals surface area contributed by atoms with Gasteiger partial charge in [0.25, 0.3) is 0 Å². The molecule has 1 saturated heterocycles. The van der Waals surface area contributed by atoms with Gasteiger partial charge in [0.1, 0.15) is 12.1 Å². The Labute approximate surface area is 128 Å². The van der Waals surface area contributed by atoms with Crippen molar-refractivity contribution >= 4 is 5.91 Å². The van der Waals surface area contributed by atoms with Crippen LogP contribution in [0.1, 0.15) is 11.1 Å². The van der Waals surface area contributed by atoms with E-state index in [0.29, 0.717) is 26.2 Å². The monoisotopic (exact) mass is 300 g/mol. The van der Waals surface area contributed by atoms with Crippen molar-refractivity contribution in [3.8, 4) is 0 Å². The molecule has 2 aromatic rings. The Morgan fingerprint density at radius 2 is 1.73 bits per heavy atom. The van der Waals surface area contributed by atoms with Gasteiger partial charge in [0.15, 0.2) is 0 Å². The van der Waals surface area contributed by atoms with Crippen LogP contribution in [0.4, 0.5) is 4.39 Å². The highest BCUT2D eigenvalue weighted by Crippen LogP contribution is 2.12. The standard InChI is InChI=1S/C16H17FN4O/c17-15-3-1-13(2-4-15)10-21-6-5-20(11-16(21)22)9-14-7-18-12-19-8-14/h1-4,7-8,12H,5-6,9-11H2. The minimum absolute atomic E-state index is 0.0902. The number of hydrogen-bond donors (Lipinski definition) is 0. The minimum Gasteiger partial charge on any atom is -0.336 e. The zero-order valence-electron chi connectivity index (χ0n) is 12.2. The molecular weight excluding hydrogens is 283 g/mol. The van der Waals surface area contributed by atoms with Crippen LogP contribution in [-0.2, 0) is 17.9 Å². The average Bonchev–Trinajstić information content (AvgIpc) is 2.53. The van der Waals surface area contributed by atoms with Crippen LogP contribution in [0, 0.1) is 5.82 Å². The van der Waals surface area contributed by atoms with Crippen LogP contribution < -0.4 is 0 Å². The molecule has 0 spiro atoms. The number of aromatic nitrogens is 2. The lowest BCUT2D eigenvalue weighted by Gasteiger charge is -2.34. The Kier molecular flexibility index (Phi) is 4.39. The Bertz CT molecular complexity index is 632. The van der Waals surface area contributed by atoms with Gasteiger partial charge in [-0.15, -0.1) is 0 Å². The van der Waals surface area contributed by atoms with Crippen molar-refractivity contribution in [3.63, 3.8) is 0 Å². The van der Waals surface area contributed by atoms with E-state index in [9.17, 15) is 9.18 Å². The molecule has 5 nitrogen and oxygen atoms in total. The summed E-state index contributed by atoms with van der Waals surface area (Å²) in [6, 6.07) is 6.28. The molecule has 3 rings (SSSR count). The van der Waals surface area contributed by atoms with E-state index in [2.05, 4.69) is 14.9 Å². The Hall–Kier alpha value is -2.34. The Morgan fingerprint density at radius 1 is 1.00 bits per heavy atom. The van der Waals surface area contributed by atoms with Crippen LogP contribution in [0.3, 0.4) is 0 Å². The molecule has 22 heavy (non-hydrogen) atoms. The summed E-state index contributed by atoms with van der Waals surface area (Å²) < 4.78 is 12.9. The van der Waals surface area contributed by atoms with E-state index in [-0.39, 0.29) is 11.7 Å². The molecule has 1 aromatic heterocycles. The van der Waals surface area contributed by atoms with Gasteiger partial charge in [-0.2, -0.15) is 0 Å². The topological polar surface area (TPSA) is 49.3 Å².